The van der Waals surface area contributed by atoms with E-state index < -0.39 is 0 Å². The molecule has 82 valence electrons. The van der Waals surface area contributed by atoms with Crippen molar-refractivity contribution in [2.45, 2.75) is 19.8 Å². The summed E-state index contributed by atoms with van der Waals surface area (Å²) in [6.45, 7) is 4.88. The van der Waals surface area contributed by atoms with Crippen LogP contribution in [0.4, 0.5) is 5.69 Å². The number of ether oxygens (including phenoxy) is 1. The van der Waals surface area contributed by atoms with Crippen LogP contribution in [0.3, 0.4) is 0 Å². The first kappa shape index (κ1) is 10.4. The second-order valence-electron chi connectivity index (χ2n) is 4.22. The second-order valence-corrected chi connectivity index (χ2v) is 4.22. The number of rotatable bonds is 3. The lowest BCUT2D eigenvalue weighted by Crippen LogP contribution is -2.24. The van der Waals surface area contributed by atoms with Crippen LogP contribution < -0.4 is 5.32 Å². The molecule has 1 aliphatic heterocycles. The van der Waals surface area contributed by atoms with E-state index in [0.29, 0.717) is 5.92 Å². The van der Waals surface area contributed by atoms with Gasteiger partial charge in [-0.25, -0.2) is 0 Å². The highest BCUT2D eigenvalue weighted by Gasteiger charge is 2.13. The van der Waals surface area contributed by atoms with Crippen molar-refractivity contribution < 1.29 is 4.74 Å². The van der Waals surface area contributed by atoms with E-state index in [9.17, 15) is 0 Å². The van der Waals surface area contributed by atoms with Crippen LogP contribution in [0.2, 0.25) is 0 Å². The number of anilines is 1. The summed E-state index contributed by atoms with van der Waals surface area (Å²) in [6, 6.07) is 2.12. The number of nitrogens with zero attached hydrogens (tertiary/aromatic N) is 1. The van der Waals surface area contributed by atoms with Gasteiger partial charge >= 0.3 is 0 Å². The third-order valence-corrected chi connectivity index (χ3v) is 2.72. The zero-order valence-electron chi connectivity index (χ0n) is 9.20. The average Bonchev–Trinajstić information content (AvgIpc) is 2.28. The molecule has 1 aromatic heterocycles. The molecule has 1 aromatic rings. The minimum Gasteiger partial charge on any atom is -0.383 e. The molecule has 1 unspecified atom stereocenters. The van der Waals surface area contributed by atoms with Gasteiger partial charge in [0.05, 0.1) is 12.3 Å². The fourth-order valence-electron chi connectivity index (χ4n) is 1.88. The van der Waals surface area contributed by atoms with E-state index in [0.717, 1.165) is 25.4 Å². The number of pyridine rings is 1. The smallest absolute Gasteiger partial charge is 0.0529 e. The summed E-state index contributed by atoms with van der Waals surface area (Å²) >= 11 is 0. The van der Waals surface area contributed by atoms with Gasteiger partial charge < -0.3 is 10.1 Å². The highest BCUT2D eigenvalue weighted by molar-refractivity contribution is 5.42. The lowest BCUT2D eigenvalue weighted by molar-refractivity contribution is 0.0595. The summed E-state index contributed by atoms with van der Waals surface area (Å²) in [6.07, 6.45) is 6.20. The summed E-state index contributed by atoms with van der Waals surface area (Å²) < 4.78 is 5.44. The second kappa shape index (κ2) is 5.12. The van der Waals surface area contributed by atoms with E-state index >= 15 is 0 Å². The first-order valence-electron chi connectivity index (χ1n) is 5.58. The molecule has 1 atom stereocenters. The maximum atomic E-state index is 5.44. The van der Waals surface area contributed by atoms with Crippen molar-refractivity contribution in [3.05, 3.63) is 24.0 Å². The van der Waals surface area contributed by atoms with E-state index in [4.69, 9.17) is 4.74 Å². The monoisotopic (exact) mass is 206 g/mol. The summed E-state index contributed by atoms with van der Waals surface area (Å²) in [4.78, 5) is 4.15. The van der Waals surface area contributed by atoms with Crippen molar-refractivity contribution >= 4 is 5.69 Å². The van der Waals surface area contributed by atoms with Crippen LogP contribution in [0.1, 0.15) is 18.4 Å². The predicted molar refractivity (Wildman–Crippen MR) is 61.0 cm³/mol. The maximum Gasteiger partial charge on any atom is 0.0529 e. The van der Waals surface area contributed by atoms with Crippen molar-refractivity contribution in [3.8, 4) is 0 Å². The molecule has 1 N–H and O–H groups in total. The van der Waals surface area contributed by atoms with Crippen molar-refractivity contribution in [2.24, 2.45) is 5.92 Å². The molecule has 1 aliphatic rings. The topological polar surface area (TPSA) is 34.2 Å². The average molecular weight is 206 g/mol. The molecule has 0 aliphatic carbocycles. The van der Waals surface area contributed by atoms with Gasteiger partial charge in [0.15, 0.2) is 0 Å². The van der Waals surface area contributed by atoms with Crippen LogP contribution in [0, 0.1) is 12.8 Å². The summed E-state index contributed by atoms with van der Waals surface area (Å²) in [7, 11) is 0. The highest BCUT2D eigenvalue weighted by atomic mass is 16.5. The summed E-state index contributed by atoms with van der Waals surface area (Å²) in [5.41, 5.74) is 2.31. The lowest BCUT2D eigenvalue weighted by atomic mass is 10.0. The Hall–Kier alpha value is -1.09. The van der Waals surface area contributed by atoms with Gasteiger partial charge in [0.25, 0.3) is 0 Å². The lowest BCUT2D eigenvalue weighted by Gasteiger charge is -2.22. The Morgan fingerprint density at radius 3 is 3.20 bits per heavy atom. The fourth-order valence-corrected chi connectivity index (χ4v) is 1.88. The molecule has 0 radical (unpaired) electrons. The van der Waals surface area contributed by atoms with Crippen LogP contribution in [-0.2, 0) is 4.74 Å². The quantitative estimate of drug-likeness (QED) is 0.823. The minimum atomic E-state index is 0.652. The standard InChI is InChI=1S/C12H18N2O/c1-10-5-12(8-13-6-10)14-7-11-3-2-4-15-9-11/h5-6,8,11,14H,2-4,7,9H2,1H3. The largest absolute Gasteiger partial charge is 0.383 e. The molecule has 0 aromatic carbocycles. The Morgan fingerprint density at radius 2 is 2.47 bits per heavy atom. The molecular weight excluding hydrogens is 188 g/mol. The number of aryl methyl sites for hydroxylation is 1. The Bertz CT molecular complexity index is 308. The molecule has 0 amide bonds. The van der Waals surface area contributed by atoms with Crippen molar-refractivity contribution in [1.29, 1.82) is 0 Å². The number of aromatic nitrogens is 1. The predicted octanol–water partition coefficient (Wildman–Crippen LogP) is 2.23. The van der Waals surface area contributed by atoms with Crippen LogP contribution in [0.25, 0.3) is 0 Å². The molecule has 0 saturated carbocycles. The summed E-state index contributed by atoms with van der Waals surface area (Å²) in [5.74, 6) is 0.652. The van der Waals surface area contributed by atoms with E-state index in [1.165, 1.54) is 18.4 Å². The molecule has 0 bridgehead atoms. The normalized spacial score (nSPS) is 21.3. The van der Waals surface area contributed by atoms with Crippen molar-refractivity contribution in [3.63, 3.8) is 0 Å². The first-order chi connectivity index (χ1) is 7.34. The molecular formula is C12H18N2O. The Kier molecular flexibility index (Phi) is 3.56. The molecule has 2 heterocycles. The minimum absolute atomic E-state index is 0.652. The number of hydrogen-bond acceptors (Lipinski definition) is 3. The van der Waals surface area contributed by atoms with E-state index in [1.54, 1.807) is 0 Å². The Labute approximate surface area is 90.9 Å². The third kappa shape index (κ3) is 3.20. The third-order valence-electron chi connectivity index (χ3n) is 2.72. The van der Waals surface area contributed by atoms with E-state index in [-0.39, 0.29) is 0 Å². The molecule has 2 rings (SSSR count). The van der Waals surface area contributed by atoms with Crippen molar-refractivity contribution in [2.75, 3.05) is 25.1 Å². The van der Waals surface area contributed by atoms with Crippen LogP contribution >= 0.6 is 0 Å². The highest BCUT2D eigenvalue weighted by Crippen LogP contribution is 2.15. The number of nitrogens with one attached hydrogen (secondary N) is 1. The van der Waals surface area contributed by atoms with Crippen LogP contribution in [0.15, 0.2) is 18.5 Å². The van der Waals surface area contributed by atoms with E-state index in [1.807, 2.05) is 12.4 Å². The van der Waals surface area contributed by atoms with Gasteiger partial charge in [0.2, 0.25) is 0 Å². The van der Waals surface area contributed by atoms with Gasteiger partial charge in [0.1, 0.15) is 0 Å². The van der Waals surface area contributed by atoms with Gasteiger partial charge in [-0.05, 0) is 37.3 Å². The van der Waals surface area contributed by atoms with Gasteiger partial charge in [-0.1, -0.05) is 0 Å². The van der Waals surface area contributed by atoms with E-state index in [2.05, 4.69) is 23.3 Å². The molecule has 0 spiro atoms. The Morgan fingerprint density at radius 1 is 1.53 bits per heavy atom. The fraction of sp³-hybridized carbons (Fsp3) is 0.583. The van der Waals surface area contributed by atoms with Crippen LogP contribution in [0.5, 0.6) is 0 Å². The van der Waals surface area contributed by atoms with Crippen LogP contribution in [-0.4, -0.2) is 24.7 Å². The molecule has 15 heavy (non-hydrogen) atoms. The van der Waals surface area contributed by atoms with Gasteiger partial charge in [0, 0.05) is 25.5 Å². The van der Waals surface area contributed by atoms with Gasteiger partial charge in [-0.2, -0.15) is 0 Å². The molecule has 1 saturated heterocycles. The molecule has 3 heteroatoms. The molecule has 3 nitrogen and oxygen atoms in total. The maximum absolute atomic E-state index is 5.44. The Balaban J connectivity index is 1.81. The van der Waals surface area contributed by atoms with Gasteiger partial charge in [-0.3, -0.25) is 4.98 Å². The number of hydrogen-bond donors (Lipinski definition) is 1. The SMILES string of the molecule is Cc1cncc(NCC2CCCOC2)c1. The zero-order chi connectivity index (χ0) is 10.5. The first-order valence-corrected chi connectivity index (χ1v) is 5.58. The van der Waals surface area contributed by atoms with Crippen molar-refractivity contribution in [1.82, 2.24) is 4.98 Å². The zero-order valence-corrected chi connectivity index (χ0v) is 9.20. The van der Waals surface area contributed by atoms with Gasteiger partial charge in [-0.15, -0.1) is 0 Å². The molecule has 1 fully saturated rings. The summed E-state index contributed by atoms with van der Waals surface area (Å²) in [5, 5.41) is 3.41.